The summed E-state index contributed by atoms with van der Waals surface area (Å²) in [4.78, 5) is 8.92. The van der Waals surface area contributed by atoms with Gasteiger partial charge in [0.2, 0.25) is 0 Å². The average molecular weight is 444 g/mol. The molecule has 6 nitrogen and oxygen atoms in total. The maximum absolute atomic E-state index is 13.9. The van der Waals surface area contributed by atoms with E-state index in [9.17, 15) is 8.60 Å². The van der Waals surface area contributed by atoms with Crippen LogP contribution < -0.4 is 4.74 Å². The van der Waals surface area contributed by atoms with Crippen molar-refractivity contribution >= 4 is 26.3 Å². The summed E-state index contributed by atoms with van der Waals surface area (Å²) in [6, 6.07) is 8.34. The Morgan fingerprint density at radius 3 is 2.87 bits per heavy atom. The summed E-state index contributed by atoms with van der Waals surface area (Å²) >= 11 is 0. The van der Waals surface area contributed by atoms with E-state index in [1.807, 2.05) is 26.0 Å². The minimum atomic E-state index is -2.27. The second-order valence-electron chi connectivity index (χ2n) is 7.85. The van der Waals surface area contributed by atoms with Crippen LogP contribution in [-0.4, -0.2) is 45.5 Å². The van der Waals surface area contributed by atoms with Crippen molar-refractivity contribution in [2.24, 2.45) is 4.36 Å². The van der Waals surface area contributed by atoms with Crippen LogP contribution >= 0.6 is 0 Å². The van der Waals surface area contributed by atoms with Crippen molar-refractivity contribution in [2.45, 2.75) is 32.8 Å². The smallest absolute Gasteiger partial charge is 0.126 e. The molecule has 1 saturated heterocycles. The van der Waals surface area contributed by atoms with Crippen LogP contribution in [0.1, 0.15) is 30.2 Å². The Bertz CT molecular complexity index is 1230. The molecule has 164 valence electrons. The summed E-state index contributed by atoms with van der Waals surface area (Å²) < 4.78 is 42.2. The van der Waals surface area contributed by atoms with Gasteiger partial charge in [0, 0.05) is 51.6 Å². The third-order valence-electron chi connectivity index (χ3n) is 5.40. The summed E-state index contributed by atoms with van der Waals surface area (Å²) in [6.45, 7) is 4.99. The van der Waals surface area contributed by atoms with Gasteiger partial charge in [-0.25, -0.2) is 18.6 Å². The van der Waals surface area contributed by atoms with Gasteiger partial charge in [-0.3, -0.25) is 0 Å². The molecule has 8 heteroatoms. The lowest BCUT2D eigenvalue weighted by Gasteiger charge is -2.16. The van der Waals surface area contributed by atoms with Crippen LogP contribution in [0.25, 0.3) is 10.9 Å². The highest BCUT2D eigenvalue weighted by Gasteiger charge is 2.20. The molecule has 0 saturated carbocycles. The van der Waals surface area contributed by atoms with Gasteiger partial charge in [0.1, 0.15) is 24.0 Å². The van der Waals surface area contributed by atoms with Crippen LogP contribution in [0.15, 0.2) is 41.0 Å². The molecule has 0 bridgehead atoms. The first-order chi connectivity index (χ1) is 14.8. The fourth-order valence-electron chi connectivity index (χ4n) is 3.68. The van der Waals surface area contributed by atoms with Crippen molar-refractivity contribution in [3.63, 3.8) is 0 Å². The van der Waals surface area contributed by atoms with Gasteiger partial charge >= 0.3 is 0 Å². The lowest BCUT2D eigenvalue weighted by Crippen LogP contribution is -2.17. The molecule has 2 aromatic carbocycles. The van der Waals surface area contributed by atoms with Crippen molar-refractivity contribution in [1.82, 2.24) is 9.97 Å². The summed E-state index contributed by atoms with van der Waals surface area (Å²) in [6.07, 6.45) is 4.35. The van der Waals surface area contributed by atoms with Crippen molar-refractivity contribution < 1.29 is 18.1 Å². The standard InChI is InChI=1S/C23H26FN3O3S/c1-4-31(3,28)27-18-9-15(2)23-20(25-14-26-21(23)12-18)10-16-5-6-17(24)11-22(16)30-19-7-8-29-13-19/h5-6,9,11-12,14,19H,4,7-8,10,13H2,1-3H3/t19-,31?/m0/s1. The fourth-order valence-corrected chi connectivity index (χ4v) is 4.36. The van der Waals surface area contributed by atoms with E-state index in [1.165, 1.54) is 18.5 Å². The monoisotopic (exact) mass is 443 g/mol. The summed E-state index contributed by atoms with van der Waals surface area (Å²) in [5.74, 6) is 0.658. The van der Waals surface area contributed by atoms with Crippen LogP contribution in [0.5, 0.6) is 5.75 Å². The third kappa shape index (κ3) is 5.02. The average Bonchev–Trinajstić information content (AvgIpc) is 3.22. The maximum Gasteiger partial charge on any atom is 0.126 e. The first-order valence-electron chi connectivity index (χ1n) is 10.3. The van der Waals surface area contributed by atoms with Crippen LogP contribution in [0.2, 0.25) is 0 Å². The van der Waals surface area contributed by atoms with Gasteiger partial charge in [0.25, 0.3) is 0 Å². The molecule has 31 heavy (non-hydrogen) atoms. The van der Waals surface area contributed by atoms with Gasteiger partial charge in [0.15, 0.2) is 0 Å². The highest BCUT2D eigenvalue weighted by Crippen LogP contribution is 2.30. The second kappa shape index (κ2) is 8.88. The molecule has 1 aliphatic rings. The predicted octanol–water partition coefficient (Wildman–Crippen LogP) is 4.59. The highest BCUT2D eigenvalue weighted by atomic mass is 32.2. The third-order valence-corrected chi connectivity index (χ3v) is 7.07. The van der Waals surface area contributed by atoms with Crippen LogP contribution in [-0.2, 0) is 20.9 Å². The zero-order chi connectivity index (χ0) is 22.0. The molecule has 0 radical (unpaired) electrons. The maximum atomic E-state index is 13.9. The molecule has 0 N–H and O–H groups in total. The van der Waals surface area contributed by atoms with E-state index in [1.54, 1.807) is 12.3 Å². The van der Waals surface area contributed by atoms with Gasteiger partial charge < -0.3 is 9.47 Å². The van der Waals surface area contributed by atoms with Gasteiger partial charge in [-0.1, -0.05) is 13.0 Å². The number of hydrogen-bond acceptors (Lipinski definition) is 6. The Morgan fingerprint density at radius 1 is 1.29 bits per heavy atom. The Hall–Kier alpha value is -2.58. The summed E-state index contributed by atoms with van der Waals surface area (Å²) in [5, 5.41) is 0.917. The zero-order valence-electron chi connectivity index (χ0n) is 17.9. The highest BCUT2D eigenvalue weighted by molar-refractivity contribution is 7.93. The first kappa shape index (κ1) is 21.6. The van der Waals surface area contributed by atoms with Crippen LogP contribution in [0.3, 0.4) is 0 Å². The molecule has 0 aliphatic carbocycles. The van der Waals surface area contributed by atoms with Crippen molar-refractivity contribution in [1.29, 1.82) is 0 Å². The minimum absolute atomic E-state index is 0.0731. The van der Waals surface area contributed by atoms with E-state index in [0.717, 1.165) is 34.1 Å². The molecule has 4 rings (SSSR count). The Morgan fingerprint density at radius 2 is 2.13 bits per heavy atom. The second-order valence-corrected chi connectivity index (χ2v) is 10.5. The molecule has 0 amide bonds. The van der Waals surface area contributed by atoms with E-state index >= 15 is 0 Å². The lowest BCUT2D eigenvalue weighted by molar-refractivity contribution is 0.140. The van der Waals surface area contributed by atoms with Gasteiger partial charge in [0.05, 0.1) is 30.1 Å². The SMILES string of the molecule is CCS(C)(=O)=Nc1cc(C)c2c(Cc3ccc(F)cc3O[C@H]3CCOC3)ncnc2c1. The van der Waals surface area contributed by atoms with E-state index in [-0.39, 0.29) is 11.9 Å². The first-order valence-corrected chi connectivity index (χ1v) is 12.4. The molecule has 1 aromatic heterocycles. The zero-order valence-corrected chi connectivity index (χ0v) is 18.7. The fraction of sp³-hybridized carbons (Fsp3) is 0.391. The number of hydrogen-bond donors (Lipinski definition) is 0. The van der Waals surface area contributed by atoms with Gasteiger partial charge in [-0.15, -0.1) is 0 Å². The normalized spacial score (nSPS) is 18.1. The summed E-state index contributed by atoms with van der Waals surface area (Å²) in [5.41, 5.74) is 4.01. The minimum Gasteiger partial charge on any atom is -0.488 e. The van der Waals surface area contributed by atoms with E-state index in [2.05, 4.69) is 14.3 Å². The van der Waals surface area contributed by atoms with E-state index in [0.29, 0.717) is 36.8 Å². The molecule has 1 unspecified atom stereocenters. The summed E-state index contributed by atoms with van der Waals surface area (Å²) in [7, 11) is -2.27. The molecule has 2 atom stereocenters. The number of aryl methyl sites for hydroxylation is 1. The number of aromatic nitrogens is 2. The van der Waals surface area contributed by atoms with E-state index < -0.39 is 9.73 Å². The molecule has 2 heterocycles. The molecule has 1 aliphatic heterocycles. The molecule has 3 aromatic rings. The van der Waals surface area contributed by atoms with Crippen LogP contribution in [0.4, 0.5) is 10.1 Å². The predicted molar refractivity (Wildman–Crippen MR) is 120 cm³/mol. The number of nitrogens with zero attached hydrogens (tertiary/aromatic N) is 3. The Kier molecular flexibility index (Phi) is 6.20. The number of benzene rings is 2. The number of fused-ring (bicyclic) bond motifs is 1. The molecular weight excluding hydrogens is 417 g/mol. The van der Waals surface area contributed by atoms with Gasteiger partial charge in [-0.2, -0.15) is 4.36 Å². The largest absolute Gasteiger partial charge is 0.488 e. The van der Waals surface area contributed by atoms with Crippen LogP contribution in [0, 0.1) is 12.7 Å². The molecular formula is C23H26FN3O3S. The van der Waals surface area contributed by atoms with Crippen molar-refractivity contribution in [3.05, 3.63) is 59.3 Å². The Balaban J connectivity index is 1.73. The topological polar surface area (TPSA) is 73.7 Å². The van der Waals surface area contributed by atoms with Crippen molar-refractivity contribution in [3.8, 4) is 5.75 Å². The number of rotatable bonds is 6. The number of ether oxygens (including phenoxy) is 2. The Labute approximate surface area is 182 Å². The molecule has 0 spiro atoms. The molecule has 1 fully saturated rings. The quantitative estimate of drug-likeness (QED) is 0.557. The number of halogens is 1. The van der Waals surface area contributed by atoms with Crippen molar-refractivity contribution in [2.75, 3.05) is 25.2 Å². The van der Waals surface area contributed by atoms with E-state index in [4.69, 9.17) is 9.47 Å². The van der Waals surface area contributed by atoms with Gasteiger partial charge in [-0.05, 0) is 30.7 Å². The lowest BCUT2D eigenvalue weighted by atomic mass is 10.0.